The molecule has 0 N–H and O–H groups in total. The Kier molecular flexibility index (Phi) is 6.58. The van der Waals surface area contributed by atoms with E-state index in [1.807, 2.05) is 0 Å². The molecule has 3 atom stereocenters. The second kappa shape index (κ2) is 7.35. The average Bonchev–Trinajstić information content (AvgIpc) is 2.68. The van der Waals surface area contributed by atoms with Gasteiger partial charge in [-0.3, -0.25) is 0 Å². The van der Waals surface area contributed by atoms with Gasteiger partial charge in [0.1, 0.15) is 0 Å². The van der Waals surface area contributed by atoms with Crippen LogP contribution in [0.5, 0.6) is 0 Å². The van der Waals surface area contributed by atoms with E-state index in [2.05, 4.69) is 62.3 Å². The van der Waals surface area contributed by atoms with Gasteiger partial charge in [-0.15, -0.1) is 0 Å². The Morgan fingerprint density at radius 1 is 0.952 bits per heavy atom. The van der Waals surface area contributed by atoms with Crippen molar-refractivity contribution in [3.8, 4) is 0 Å². The summed E-state index contributed by atoms with van der Waals surface area (Å²) in [6.45, 7) is 21.3. The fourth-order valence-corrected chi connectivity index (χ4v) is 7.35. The molecule has 0 fully saturated rings. The van der Waals surface area contributed by atoms with Crippen molar-refractivity contribution in [2.24, 2.45) is 29.6 Å². The smallest absolute Gasteiger partial charge is 0.250 e. The van der Waals surface area contributed by atoms with Gasteiger partial charge in [0, 0.05) is 5.92 Å². The van der Waals surface area contributed by atoms with Gasteiger partial charge < -0.3 is 4.43 Å². The highest BCUT2D eigenvalue weighted by Gasteiger charge is 2.44. The first kappa shape index (κ1) is 18.8. The minimum absolute atomic E-state index is 0.592. The van der Waals surface area contributed by atoms with E-state index in [1.54, 1.807) is 5.57 Å². The largest absolute Gasteiger partial charge is 0.546 e. The zero-order chi connectivity index (χ0) is 16.4. The van der Waals surface area contributed by atoms with Crippen LogP contribution in [-0.2, 0) is 4.43 Å². The molecule has 2 heteroatoms. The summed E-state index contributed by atoms with van der Waals surface area (Å²) in [6.07, 6.45) is 0. The van der Waals surface area contributed by atoms with Crippen LogP contribution >= 0.6 is 0 Å². The Balaban J connectivity index is 3.15. The van der Waals surface area contributed by atoms with Gasteiger partial charge in [0.25, 0.3) is 0 Å². The van der Waals surface area contributed by atoms with Crippen LogP contribution in [0.2, 0.25) is 18.1 Å². The fraction of sp³-hybridized carbons (Fsp3) is 0.895. The molecule has 0 aromatic carbocycles. The van der Waals surface area contributed by atoms with E-state index in [1.165, 1.54) is 23.9 Å². The average molecular weight is 311 g/mol. The van der Waals surface area contributed by atoms with E-state index in [-0.39, 0.29) is 0 Å². The van der Waals surface area contributed by atoms with E-state index in [0.717, 1.165) is 11.8 Å². The molecule has 0 amide bonds. The number of rotatable bonds is 7. The highest BCUT2D eigenvalue weighted by Crippen LogP contribution is 2.50. The van der Waals surface area contributed by atoms with E-state index in [9.17, 15) is 0 Å². The standard InChI is InChI=1S/C19H38OSi/c1-10-21(11-2,12-3)20-19-15(8)17(13(4)5)18(14(6)7)16(19)9/h13-15,17-18H,10-12H2,1-9H3/t15?,17-,18-/m0/s1. The van der Waals surface area contributed by atoms with Gasteiger partial charge in [0.2, 0.25) is 8.32 Å². The van der Waals surface area contributed by atoms with Crippen LogP contribution in [0.1, 0.15) is 62.3 Å². The Labute approximate surface area is 134 Å². The Bertz CT molecular complexity index is 357. The van der Waals surface area contributed by atoms with E-state index >= 15 is 0 Å². The SMILES string of the molecule is CC[Si](CC)(CC)OC1=C(C)[C@H](C(C)C)[C@@H](C(C)C)C1C. The van der Waals surface area contributed by atoms with Gasteiger partial charge in [0.15, 0.2) is 0 Å². The van der Waals surface area contributed by atoms with Crippen LogP contribution in [0, 0.1) is 29.6 Å². The first-order valence-corrected chi connectivity index (χ1v) is 11.7. The molecule has 0 saturated carbocycles. The minimum atomic E-state index is -1.55. The third-order valence-corrected chi connectivity index (χ3v) is 10.6. The molecule has 1 aliphatic carbocycles. The van der Waals surface area contributed by atoms with Gasteiger partial charge in [-0.25, -0.2) is 0 Å². The molecule has 0 spiro atoms. The fourth-order valence-electron chi connectivity index (χ4n) is 4.61. The summed E-state index contributed by atoms with van der Waals surface area (Å²) < 4.78 is 6.85. The van der Waals surface area contributed by atoms with Crippen LogP contribution in [-0.4, -0.2) is 8.32 Å². The second-order valence-electron chi connectivity index (χ2n) is 7.77. The van der Waals surface area contributed by atoms with Crippen molar-refractivity contribution in [2.75, 3.05) is 0 Å². The monoisotopic (exact) mass is 310 g/mol. The normalized spacial score (nSPS) is 27.1. The van der Waals surface area contributed by atoms with Crippen LogP contribution < -0.4 is 0 Å². The topological polar surface area (TPSA) is 9.23 Å². The maximum atomic E-state index is 6.85. The molecule has 1 aliphatic rings. The molecule has 21 heavy (non-hydrogen) atoms. The third kappa shape index (κ3) is 3.57. The lowest BCUT2D eigenvalue weighted by molar-refractivity contribution is 0.190. The maximum Gasteiger partial charge on any atom is 0.250 e. The summed E-state index contributed by atoms with van der Waals surface area (Å²) in [5, 5.41) is 0. The molecule has 0 saturated heterocycles. The van der Waals surface area contributed by atoms with Gasteiger partial charge in [-0.2, -0.15) is 0 Å². The van der Waals surface area contributed by atoms with Crippen molar-refractivity contribution in [1.29, 1.82) is 0 Å². The second-order valence-corrected chi connectivity index (χ2v) is 12.5. The lowest BCUT2D eigenvalue weighted by Gasteiger charge is -2.33. The summed E-state index contributed by atoms with van der Waals surface area (Å²) in [5.41, 5.74) is 1.56. The molecular formula is C19H38OSi. The molecular weight excluding hydrogens is 272 g/mol. The molecule has 0 heterocycles. The third-order valence-electron chi connectivity index (χ3n) is 6.04. The molecule has 124 valence electrons. The van der Waals surface area contributed by atoms with Crippen molar-refractivity contribution in [3.05, 3.63) is 11.3 Å². The number of hydrogen-bond acceptors (Lipinski definition) is 1. The summed E-state index contributed by atoms with van der Waals surface area (Å²) in [7, 11) is -1.55. The van der Waals surface area contributed by atoms with E-state index < -0.39 is 8.32 Å². The predicted octanol–water partition coefficient (Wildman–Crippen LogP) is 6.48. The van der Waals surface area contributed by atoms with Crippen LogP contribution in [0.4, 0.5) is 0 Å². The van der Waals surface area contributed by atoms with Crippen molar-refractivity contribution in [3.63, 3.8) is 0 Å². The van der Waals surface area contributed by atoms with Gasteiger partial charge in [0.05, 0.1) is 5.76 Å². The number of allylic oxidation sites excluding steroid dienone is 2. The van der Waals surface area contributed by atoms with Gasteiger partial charge in [-0.05, 0) is 54.3 Å². The van der Waals surface area contributed by atoms with Crippen molar-refractivity contribution in [1.82, 2.24) is 0 Å². The molecule has 1 unspecified atom stereocenters. The van der Waals surface area contributed by atoms with E-state index in [0.29, 0.717) is 17.8 Å². The molecule has 0 bridgehead atoms. The summed E-state index contributed by atoms with van der Waals surface area (Å²) in [5.74, 6) is 4.86. The van der Waals surface area contributed by atoms with E-state index in [4.69, 9.17) is 4.43 Å². The van der Waals surface area contributed by atoms with Crippen LogP contribution in [0.15, 0.2) is 11.3 Å². The lowest BCUT2D eigenvalue weighted by atomic mass is 9.74. The van der Waals surface area contributed by atoms with Crippen molar-refractivity contribution < 1.29 is 4.43 Å². The predicted molar refractivity (Wildman–Crippen MR) is 96.8 cm³/mol. The van der Waals surface area contributed by atoms with Gasteiger partial charge in [-0.1, -0.05) is 55.4 Å². The Morgan fingerprint density at radius 2 is 1.43 bits per heavy atom. The number of hydrogen-bond donors (Lipinski definition) is 0. The molecule has 0 aromatic heterocycles. The highest BCUT2D eigenvalue weighted by atomic mass is 28.4. The molecule has 0 radical (unpaired) electrons. The summed E-state index contributed by atoms with van der Waals surface area (Å²) in [4.78, 5) is 0. The lowest BCUT2D eigenvalue weighted by Crippen LogP contribution is -2.36. The minimum Gasteiger partial charge on any atom is -0.546 e. The van der Waals surface area contributed by atoms with Crippen LogP contribution in [0.3, 0.4) is 0 Å². The quantitative estimate of drug-likeness (QED) is 0.489. The molecule has 0 aromatic rings. The van der Waals surface area contributed by atoms with Crippen molar-refractivity contribution in [2.45, 2.75) is 80.4 Å². The Hall–Kier alpha value is -0.243. The Morgan fingerprint density at radius 3 is 1.71 bits per heavy atom. The molecule has 1 rings (SSSR count). The molecule has 1 nitrogen and oxygen atoms in total. The summed E-state index contributed by atoms with van der Waals surface area (Å²) >= 11 is 0. The zero-order valence-corrected chi connectivity index (χ0v) is 16.9. The van der Waals surface area contributed by atoms with Crippen LogP contribution in [0.25, 0.3) is 0 Å². The van der Waals surface area contributed by atoms with Gasteiger partial charge >= 0.3 is 0 Å². The molecule has 0 aliphatic heterocycles. The first-order valence-electron chi connectivity index (χ1n) is 9.14. The summed E-state index contributed by atoms with van der Waals surface area (Å²) in [6, 6.07) is 3.71. The highest BCUT2D eigenvalue weighted by molar-refractivity contribution is 6.73. The zero-order valence-electron chi connectivity index (χ0n) is 15.9. The van der Waals surface area contributed by atoms with Crippen molar-refractivity contribution >= 4 is 8.32 Å². The maximum absolute atomic E-state index is 6.85. The first-order chi connectivity index (χ1) is 9.74.